The SMILES string of the molecule is CC(C)Oc1ccc(CCNC(=O)c2ccco2)cc1F. The summed E-state index contributed by atoms with van der Waals surface area (Å²) < 4.78 is 24.1. The van der Waals surface area contributed by atoms with E-state index in [2.05, 4.69) is 5.32 Å². The highest BCUT2D eigenvalue weighted by molar-refractivity contribution is 5.91. The number of carbonyl (C=O) groups excluding carboxylic acids is 1. The highest BCUT2D eigenvalue weighted by Crippen LogP contribution is 2.19. The van der Waals surface area contributed by atoms with Crippen molar-refractivity contribution in [3.63, 3.8) is 0 Å². The van der Waals surface area contributed by atoms with Crippen LogP contribution in [0.15, 0.2) is 41.0 Å². The van der Waals surface area contributed by atoms with E-state index >= 15 is 0 Å². The van der Waals surface area contributed by atoms with E-state index in [0.717, 1.165) is 5.56 Å². The maximum atomic E-state index is 13.8. The summed E-state index contributed by atoms with van der Waals surface area (Å²) in [6.45, 7) is 4.10. The van der Waals surface area contributed by atoms with Gasteiger partial charge in [0.15, 0.2) is 17.3 Å². The van der Waals surface area contributed by atoms with E-state index < -0.39 is 5.82 Å². The molecule has 0 atom stereocenters. The number of hydrogen-bond acceptors (Lipinski definition) is 3. The van der Waals surface area contributed by atoms with Crippen LogP contribution in [0.2, 0.25) is 0 Å². The molecule has 1 aromatic carbocycles. The molecule has 0 saturated heterocycles. The van der Waals surface area contributed by atoms with Crippen molar-refractivity contribution in [2.45, 2.75) is 26.4 Å². The van der Waals surface area contributed by atoms with Gasteiger partial charge in [-0.05, 0) is 50.1 Å². The summed E-state index contributed by atoms with van der Waals surface area (Å²) in [5.74, 6) is -0.158. The number of furan rings is 1. The minimum absolute atomic E-state index is 0.0714. The zero-order valence-electron chi connectivity index (χ0n) is 12.1. The van der Waals surface area contributed by atoms with Crippen molar-refractivity contribution in [1.29, 1.82) is 0 Å². The molecule has 0 saturated carbocycles. The van der Waals surface area contributed by atoms with E-state index in [1.807, 2.05) is 13.8 Å². The summed E-state index contributed by atoms with van der Waals surface area (Å²) in [6.07, 6.45) is 1.90. The Bertz CT molecular complexity index is 594. The minimum atomic E-state index is -0.390. The molecule has 0 radical (unpaired) electrons. The second-order valence-corrected chi connectivity index (χ2v) is 4.91. The molecule has 0 aliphatic rings. The van der Waals surface area contributed by atoms with Crippen molar-refractivity contribution >= 4 is 5.91 Å². The summed E-state index contributed by atoms with van der Waals surface area (Å²) in [4.78, 5) is 11.6. The molecular weight excluding hydrogens is 273 g/mol. The van der Waals surface area contributed by atoms with E-state index in [0.29, 0.717) is 13.0 Å². The Morgan fingerprint density at radius 1 is 1.38 bits per heavy atom. The third-order valence-corrected chi connectivity index (χ3v) is 2.80. The normalized spacial score (nSPS) is 10.7. The Hall–Kier alpha value is -2.30. The molecule has 21 heavy (non-hydrogen) atoms. The summed E-state index contributed by atoms with van der Waals surface area (Å²) >= 11 is 0. The van der Waals surface area contributed by atoms with E-state index in [4.69, 9.17) is 9.15 Å². The summed E-state index contributed by atoms with van der Waals surface area (Å²) in [5, 5.41) is 2.71. The fourth-order valence-corrected chi connectivity index (χ4v) is 1.86. The van der Waals surface area contributed by atoms with Gasteiger partial charge >= 0.3 is 0 Å². The van der Waals surface area contributed by atoms with E-state index in [9.17, 15) is 9.18 Å². The molecule has 1 aromatic heterocycles. The third-order valence-electron chi connectivity index (χ3n) is 2.80. The maximum absolute atomic E-state index is 13.8. The molecule has 0 unspecified atom stereocenters. The number of hydrogen-bond donors (Lipinski definition) is 1. The van der Waals surface area contributed by atoms with Crippen LogP contribution >= 0.6 is 0 Å². The van der Waals surface area contributed by atoms with Gasteiger partial charge in [0, 0.05) is 6.54 Å². The van der Waals surface area contributed by atoms with Gasteiger partial charge in [-0.3, -0.25) is 4.79 Å². The average Bonchev–Trinajstić information content (AvgIpc) is 2.95. The number of halogens is 1. The van der Waals surface area contributed by atoms with Crippen LogP contribution in [0.25, 0.3) is 0 Å². The summed E-state index contributed by atoms with van der Waals surface area (Å²) in [6, 6.07) is 8.07. The second-order valence-electron chi connectivity index (χ2n) is 4.91. The van der Waals surface area contributed by atoms with Gasteiger partial charge in [-0.2, -0.15) is 0 Å². The molecule has 1 heterocycles. The second kappa shape index (κ2) is 6.92. The Morgan fingerprint density at radius 3 is 2.81 bits per heavy atom. The first kappa shape index (κ1) is 15.1. The first-order valence-electron chi connectivity index (χ1n) is 6.83. The number of nitrogens with one attached hydrogen (secondary N) is 1. The largest absolute Gasteiger partial charge is 0.488 e. The summed E-state index contributed by atoms with van der Waals surface area (Å²) in [5.41, 5.74) is 0.795. The topological polar surface area (TPSA) is 51.5 Å². The van der Waals surface area contributed by atoms with Crippen molar-refractivity contribution in [2.75, 3.05) is 6.54 Å². The first-order chi connectivity index (χ1) is 10.1. The average molecular weight is 291 g/mol. The lowest BCUT2D eigenvalue weighted by atomic mass is 10.1. The lowest BCUT2D eigenvalue weighted by Gasteiger charge is -2.11. The van der Waals surface area contributed by atoms with Crippen LogP contribution in [0.4, 0.5) is 4.39 Å². The number of amides is 1. The highest BCUT2D eigenvalue weighted by atomic mass is 19.1. The smallest absolute Gasteiger partial charge is 0.286 e. The molecule has 4 nitrogen and oxygen atoms in total. The fraction of sp³-hybridized carbons (Fsp3) is 0.312. The predicted octanol–water partition coefficient (Wildman–Crippen LogP) is 3.18. The monoisotopic (exact) mass is 291 g/mol. The van der Waals surface area contributed by atoms with Gasteiger partial charge in [0.2, 0.25) is 0 Å². The number of carbonyl (C=O) groups is 1. The molecule has 112 valence electrons. The van der Waals surface area contributed by atoms with E-state index in [1.165, 1.54) is 12.3 Å². The number of ether oxygens (including phenoxy) is 1. The van der Waals surface area contributed by atoms with Crippen LogP contribution in [-0.2, 0) is 6.42 Å². The Balaban J connectivity index is 1.86. The fourth-order valence-electron chi connectivity index (χ4n) is 1.86. The molecule has 2 rings (SSSR count). The molecule has 0 aliphatic heterocycles. The molecule has 1 amide bonds. The lowest BCUT2D eigenvalue weighted by Crippen LogP contribution is -2.25. The van der Waals surface area contributed by atoms with Crippen LogP contribution in [0.3, 0.4) is 0 Å². The van der Waals surface area contributed by atoms with Crippen molar-refractivity contribution in [1.82, 2.24) is 5.32 Å². The minimum Gasteiger partial charge on any atom is -0.488 e. The van der Waals surface area contributed by atoms with Gasteiger partial charge in [-0.1, -0.05) is 6.07 Å². The van der Waals surface area contributed by atoms with Gasteiger partial charge < -0.3 is 14.5 Å². The van der Waals surface area contributed by atoms with Gasteiger partial charge in [-0.15, -0.1) is 0 Å². The Morgan fingerprint density at radius 2 is 2.19 bits per heavy atom. The summed E-state index contributed by atoms with van der Waals surface area (Å²) in [7, 11) is 0. The molecule has 5 heteroatoms. The van der Waals surface area contributed by atoms with Gasteiger partial charge in [-0.25, -0.2) is 4.39 Å². The zero-order valence-corrected chi connectivity index (χ0v) is 12.1. The quantitative estimate of drug-likeness (QED) is 0.889. The molecular formula is C16H18FNO3. The molecule has 2 aromatic rings. The molecule has 0 spiro atoms. The van der Waals surface area contributed by atoms with Crippen LogP contribution in [0, 0.1) is 5.82 Å². The molecule has 1 N–H and O–H groups in total. The van der Waals surface area contributed by atoms with Gasteiger partial charge in [0.05, 0.1) is 12.4 Å². The number of benzene rings is 1. The standard InChI is InChI=1S/C16H18FNO3/c1-11(2)21-14-6-5-12(10-13(14)17)7-8-18-16(19)15-4-3-9-20-15/h3-6,9-11H,7-8H2,1-2H3,(H,18,19). The molecule has 0 aliphatic carbocycles. The Labute approximate surface area is 122 Å². The van der Waals surface area contributed by atoms with E-state index in [-0.39, 0.29) is 23.5 Å². The van der Waals surface area contributed by atoms with Crippen LogP contribution < -0.4 is 10.1 Å². The van der Waals surface area contributed by atoms with Crippen molar-refractivity contribution < 1.29 is 18.3 Å². The van der Waals surface area contributed by atoms with Crippen LogP contribution in [0.1, 0.15) is 30.0 Å². The van der Waals surface area contributed by atoms with Crippen molar-refractivity contribution in [2.24, 2.45) is 0 Å². The van der Waals surface area contributed by atoms with Gasteiger partial charge in [0.1, 0.15) is 0 Å². The number of rotatable bonds is 6. The van der Waals surface area contributed by atoms with Crippen LogP contribution in [-0.4, -0.2) is 18.6 Å². The third kappa shape index (κ3) is 4.34. The van der Waals surface area contributed by atoms with Crippen molar-refractivity contribution in [3.8, 4) is 5.75 Å². The van der Waals surface area contributed by atoms with Gasteiger partial charge in [0.25, 0.3) is 5.91 Å². The van der Waals surface area contributed by atoms with Crippen LogP contribution in [0.5, 0.6) is 5.75 Å². The Kier molecular flexibility index (Phi) is 4.98. The molecule has 0 bridgehead atoms. The lowest BCUT2D eigenvalue weighted by molar-refractivity contribution is 0.0926. The van der Waals surface area contributed by atoms with E-state index in [1.54, 1.807) is 24.3 Å². The maximum Gasteiger partial charge on any atom is 0.286 e. The first-order valence-corrected chi connectivity index (χ1v) is 6.83. The highest BCUT2D eigenvalue weighted by Gasteiger charge is 2.09. The van der Waals surface area contributed by atoms with Crippen molar-refractivity contribution in [3.05, 3.63) is 53.7 Å². The molecule has 0 fully saturated rings. The predicted molar refractivity (Wildman–Crippen MR) is 76.9 cm³/mol. The zero-order chi connectivity index (χ0) is 15.2.